The number of methoxy groups -OCH3 is 1. The maximum Gasteiger partial charge on any atom is 0.340 e. The van der Waals surface area contributed by atoms with Gasteiger partial charge < -0.3 is 15.2 Å². The summed E-state index contributed by atoms with van der Waals surface area (Å²) in [6, 6.07) is 2.42. The van der Waals surface area contributed by atoms with Gasteiger partial charge in [0.15, 0.2) is 11.6 Å². The van der Waals surface area contributed by atoms with Crippen molar-refractivity contribution in [3.8, 4) is 0 Å². The lowest BCUT2D eigenvalue weighted by Crippen LogP contribution is -2.14. The topological polar surface area (TPSA) is 58.6 Å². The Hall–Kier alpha value is -1.69. The van der Waals surface area contributed by atoms with E-state index >= 15 is 0 Å². The second-order valence-corrected chi connectivity index (χ2v) is 4.06. The molecule has 0 radical (unpaired) electrons. The van der Waals surface area contributed by atoms with Crippen molar-refractivity contribution in [1.82, 2.24) is 0 Å². The van der Waals surface area contributed by atoms with E-state index in [2.05, 4.69) is 10.1 Å². The minimum atomic E-state index is -1.24. The van der Waals surface area contributed by atoms with Gasteiger partial charge in [0, 0.05) is 6.54 Å². The van der Waals surface area contributed by atoms with Crippen molar-refractivity contribution in [2.75, 3.05) is 19.0 Å². The van der Waals surface area contributed by atoms with Gasteiger partial charge in [-0.05, 0) is 25.0 Å². The Morgan fingerprint density at radius 2 is 2.11 bits per heavy atom. The number of benzene rings is 1. The molecule has 0 fully saturated rings. The van der Waals surface area contributed by atoms with Gasteiger partial charge in [-0.25, -0.2) is 13.6 Å². The van der Waals surface area contributed by atoms with E-state index in [9.17, 15) is 18.7 Å². The molecule has 0 aliphatic rings. The summed E-state index contributed by atoms with van der Waals surface area (Å²) in [5.74, 6) is -3.30. The fourth-order valence-electron chi connectivity index (χ4n) is 1.53. The molecule has 6 heteroatoms. The summed E-state index contributed by atoms with van der Waals surface area (Å²) in [5, 5.41) is 12.0. The smallest absolute Gasteiger partial charge is 0.340 e. The summed E-state index contributed by atoms with van der Waals surface area (Å²) < 4.78 is 31.6. The summed E-state index contributed by atoms with van der Waals surface area (Å²) in [7, 11) is 1.10. The molecule has 106 valence electrons. The number of hydrogen-bond donors (Lipinski definition) is 2. The molecule has 0 amide bonds. The Kier molecular flexibility index (Phi) is 5.69. The molecule has 0 saturated carbocycles. The zero-order valence-electron chi connectivity index (χ0n) is 10.9. The van der Waals surface area contributed by atoms with Crippen molar-refractivity contribution >= 4 is 11.7 Å². The molecule has 19 heavy (non-hydrogen) atoms. The predicted molar refractivity (Wildman–Crippen MR) is 67.1 cm³/mol. The van der Waals surface area contributed by atoms with E-state index in [0.717, 1.165) is 13.2 Å². The van der Waals surface area contributed by atoms with Crippen LogP contribution >= 0.6 is 0 Å². The van der Waals surface area contributed by atoms with Crippen LogP contribution in [0, 0.1) is 11.6 Å². The van der Waals surface area contributed by atoms with E-state index in [4.69, 9.17) is 0 Å². The molecule has 0 heterocycles. The van der Waals surface area contributed by atoms with Gasteiger partial charge in [0.1, 0.15) is 0 Å². The molecule has 0 saturated heterocycles. The molecule has 1 aromatic carbocycles. The van der Waals surface area contributed by atoms with Crippen LogP contribution in [0.3, 0.4) is 0 Å². The number of halogens is 2. The quantitative estimate of drug-likeness (QED) is 0.781. The average Bonchev–Trinajstić information content (AvgIpc) is 2.42. The highest BCUT2D eigenvalue weighted by molar-refractivity contribution is 5.90. The summed E-state index contributed by atoms with van der Waals surface area (Å²) in [6.45, 7) is 2.14. The third kappa shape index (κ3) is 3.89. The van der Waals surface area contributed by atoms with E-state index in [-0.39, 0.29) is 5.69 Å². The number of carbonyl (C=O) groups excluding carboxylic acids is 1. The van der Waals surface area contributed by atoms with E-state index in [0.29, 0.717) is 19.4 Å². The largest absolute Gasteiger partial charge is 0.465 e. The summed E-state index contributed by atoms with van der Waals surface area (Å²) in [6.07, 6.45) is 0.547. The number of carbonyl (C=O) groups is 1. The lowest BCUT2D eigenvalue weighted by atomic mass is 10.1. The third-order valence-electron chi connectivity index (χ3n) is 2.75. The number of ether oxygens (including phenoxy) is 1. The molecule has 4 nitrogen and oxygen atoms in total. The molecule has 0 aromatic heterocycles. The Balaban J connectivity index is 2.76. The number of nitrogens with one attached hydrogen (secondary N) is 1. The van der Waals surface area contributed by atoms with E-state index in [1.54, 1.807) is 0 Å². The van der Waals surface area contributed by atoms with Crippen molar-refractivity contribution in [2.24, 2.45) is 0 Å². The Bertz CT molecular complexity index is 452. The number of esters is 1. The predicted octanol–water partition coefficient (Wildman–Crippen LogP) is 2.32. The lowest BCUT2D eigenvalue weighted by molar-refractivity contribution is 0.0594. The Morgan fingerprint density at radius 1 is 1.42 bits per heavy atom. The number of rotatable bonds is 6. The highest BCUT2D eigenvalue weighted by Crippen LogP contribution is 2.21. The first-order chi connectivity index (χ1) is 9.01. The van der Waals surface area contributed by atoms with Gasteiger partial charge in [0.2, 0.25) is 0 Å². The number of aliphatic hydroxyl groups is 1. The first-order valence-electron chi connectivity index (χ1n) is 5.99. The van der Waals surface area contributed by atoms with Crippen LogP contribution < -0.4 is 5.32 Å². The van der Waals surface area contributed by atoms with E-state index < -0.39 is 29.3 Å². The van der Waals surface area contributed by atoms with Gasteiger partial charge in [-0.2, -0.15) is 0 Å². The molecule has 1 aromatic rings. The van der Waals surface area contributed by atoms with Crippen molar-refractivity contribution in [1.29, 1.82) is 0 Å². The van der Waals surface area contributed by atoms with E-state index in [1.165, 1.54) is 6.07 Å². The van der Waals surface area contributed by atoms with Crippen LogP contribution in [0.15, 0.2) is 12.1 Å². The van der Waals surface area contributed by atoms with Gasteiger partial charge in [0.25, 0.3) is 0 Å². The maximum atomic E-state index is 13.7. The van der Waals surface area contributed by atoms with Crippen molar-refractivity contribution < 1.29 is 23.4 Å². The van der Waals surface area contributed by atoms with Gasteiger partial charge >= 0.3 is 5.97 Å². The minimum absolute atomic E-state index is 0.0477. The Labute approximate surface area is 110 Å². The summed E-state index contributed by atoms with van der Waals surface area (Å²) in [4.78, 5) is 11.2. The minimum Gasteiger partial charge on any atom is -0.465 e. The summed E-state index contributed by atoms with van der Waals surface area (Å²) in [5.41, 5.74) is -0.493. The molecule has 1 rings (SSSR count). The van der Waals surface area contributed by atoms with Crippen LogP contribution in [0.4, 0.5) is 14.5 Å². The fraction of sp³-hybridized carbons (Fsp3) is 0.462. The van der Waals surface area contributed by atoms with Gasteiger partial charge in [-0.1, -0.05) is 6.92 Å². The second kappa shape index (κ2) is 7.04. The maximum absolute atomic E-state index is 13.7. The molecule has 2 N–H and O–H groups in total. The summed E-state index contributed by atoms with van der Waals surface area (Å²) >= 11 is 0. The molecular weight excluding hydrogens is 256 g/mol. The van der Waals surface area contributed by atoms with Crippen LogP contribution in [-0.2, 0) is 4.74 Å². The standard InChI is InChI=1S/C13H17F2NO3/c1-3-8(17)6-7-16-10-5-4-9(13(18)19-2)11(14)12(10)15/h4-5,8,16-17H,3,6-7H2,1-2H3. The van der Waals surface area contributed by atoms with Crippen LogP contribution in [0.1, 0.15) is 30.1 Å². The SMILES string of the molecule is CCC(O)CCNc1ccc(C(=O)OC)c(F)c1F. The zero-order valence-corrected chi connectivity index (χ0v) is 10.9. The third-order valence-corrected chi connectivity index (χ3v) is 2.75. The van der Waals surface area contributed by atoms with Crippen LogP contribution in [0.5, 0.6) is 0 Å². The highest BCUT2D eigenvalue weighted by atomic mass is 19.2. The van der Waals surface area contributed by atoms with Crippen LogP contribution in [-0.4, -0.2) is 30.8 Å². The Morgan fingerprint density at radius 3 is 2.68 bits per heavy atom. The number of aliphatic hydroxyl groups excluding tert-OH is 1. The first kappa shape index (κ1) is 15.4. The van der Waals surface area contributed by atoms with Crippen LogP contribution in [0.2, 0.25) is 0 Å². The van der Waals surface area contributed by atoms with Gasteiger partial charge in [0.05, 0.1) is 24.5 Å². The van der Waals surface area contributed by atoms with Crippen LogP contribution in [0.25, 0.3) is 0 Å². The van der Waals surface area contributed by atoms with E-state index in [1.807, 2.05) is 6.92 Å². The zero-order chi connectivity index (χ0) is 14.4. The highest BCUT2D eigenvalue weighted by Gasteiger charge is 2.18. The number of anilines is 1. The van der Waals surface area contributed by atoms with Gasteiger partial charge in [-0.15, -0.1) is 0 Å². The molecule has 1 unspecified atom stereocenters. The van der Waals surface area contributed by atoms with Gasteiger partial charge in [-0.3, -0.25) is 0 Å². The number of hydrogen-bond acceptors (Lipinski definition) is 4. The molecular formula is C13H17F2NO3. The second-order valence-electron chi connectivity index (χ2n) is 4.06. The molecule has 0 bridgehead atoms. The fourth-order valence-corrected chi connectivity index (χ4v) is 1.53. The molecule has 0 spiro atoms. The van der Waals surface area contributed by atoms with Crippen molar-refractivity contribution in [3.05, 3.63) is 29.3 Å². The van der Waals surface area contributed by atoms with Crippen molar-refractivity contribution in [2.45, 2.75) is 25.9 Å². The first-order valence-corrected chi connectivity index (χ1v) is 5.99. The monoisotopic (exact) mass is 273 g/mol. The molecule has 1 atom stereocenters. The molecule has 0 aliphatic heterocycles. The average molecular weight is 273 g/mol. The lowest BCUT2D eigenvalue weighted by Gasteiger charge is -2.11. The molecule has 0 aliphatic carbocycles. The van der Waals surface area contributed by atoms with Crippen molar-refractivity contribution in [3.63, 3.8) is 0 Å². The normalized spacial score (nSPS) is 12.1.